The van der Waals surface area contributed by atoms with Crippen LogP contribution in [0.25, 0.3) is 10.8 Å². The second kappa shape index (κ2) is 9.73. The fraction of sp³-hybridized carbons (Fsp3) is 0.423. The molecule has 1 aliphatic carbocycles. The van der Waals surface area contributed by atoms with Crippen molar-refractivity contribution < 1.29 is 24.2 Å². The van der Waals surface area contributed by atoms with Gasteiger partial charge in [0.05, 0.1) is 17.7 Å². The van der Waals surface area contributed by atoms with E-state index in [0.29, 0.717) is 25.3 Å². The quantitative estimate of drug-likeness (QED) is 0.503. The molecule has 184 valence electrons. The van der Waals surface area contributed by atoms with Crippen molar-refractivity contribution in [2.75, 3.05) is 20.2 Å². The Balaban J connectivity index is 1.29. The number of carbonyl (C=O) groups is 2. The molecule has 9 heteroatoms. The first-order valence-electron chi connectivity index (χ1n) is 11.9. The SMILES string of the molecule is CCOc1ccc2ccc(O[C@H]3C[C@H]4CN(C(=O)O)C(Cc5nc(C(=O)NC)cs5)[C@H]4C3)cc2c1. The maximum Gasteiger partial charge on any atom is 0.407 e. The van der Waals surface area contributed by atoms with E-state index in [1.807, 2.05) is 37.3 Å². The third-order valence-corrected chi connectivity index (χ3v) is 7.94. The van der Waals surface area contributed by atoms with Gasteiger partial charge >= 0.3 is 6.09 Å². The molecule has 8 nitrogen and oxygen atoms in total. The van der Waals surface area contributed by atoms with Crippen LogP contribution in [0.2, 0.25) is 0 Å². The minimum Gasteiger partial charge on any atom is -0.494 e. The first kappa shape index (κ1) is 23.4. The molecule has 1 aromatic heterocycles. The van der Waals surface area contributed by atoms with Crippen molar-refractivity contribution in [1.29, 1.82) is 0 Å². The summed E-state index contributed by atoms with van der Waals surface area (Å²) in [5, 5.41) is 17.1. The van der Waals surface area contributed by atoms with Crippen molar-refractivity contribution in [1.82, 2.24) is 15.2 Å². The monoisotopic (exact) mass is 495 g/mol. The average molecular weight is 496 g/mol. The van der Waals surface area contributed by atoms with Crippen LogP contribution in [-0.4, -0.2) is 59.3 Å². The highest BCUT2D eigenvalue weighted by molar-refractivity contribution is 7.09. The van der Waals surface area contributed by atoms with E-state index >= 15 is 0 Å². The van der Waals surface area contributed by atoms with E-state index in [-0.39, 0.29) is 29.9 Å². The Morgan fingerprint density at radius 1 is 1.17 bits per heavy atom. The maximum absolute atomic E-state index is 12.0. The largest absolute Gasteiger partial charge is 0.494 e. The number of rotatable bonds is 7. The lowest BCUT2D eigenvalue weighted by Gasteiger charge is -2.26. The Bertz CT molecular complexity index is 1240. The van der Waals surface area contributed by atoms with Gasteiger partial charge in [0.25, 0.3) is 5.91 Å². The lowest BCUT2D eigenvalue weighted by molar-refractivity contribution is 0.0958. The Kier molecular flexibility index (Phi) is 6.51. The molecule has 4 atom stereocenters. The Morgan fingerprint density at radius 2 is 1.94 bits per heavy atom. The number of carboxylic acid groups (broad SMARTS) is 1. The number of hydrogen-bond acceptors (Lipinski definition) is 6. The van der Waals surface area contributed by atoms with Crippen LogP contribution in [0.5, 0.6) is 11.5 Å². The molecule has 0 radical (unpaired) electrons. The van der Waals surface area contributed by atoms with E-state index in [9.17, 15) is 14.7 Å². The number of amides is 2. The molecule has 2 aromatic carbocycles. The van der Waals surface area contributed by atoms with Gasteiger partial charge in [0.1, 0.15) is 17.2 Å². The summed E-state index contributed by atoms with van der Waals surface area (Å²) < 4.78 is 12.0. The first-order valence-corrected chi connectivity index (χ1v) is 12.8. The molecule has 2 amide bonds. The number of likely N-dealkylation sites (tertiary alicyclic amines) is 1. The van der Waals surface area contributed by atoms with E-state index in [4.69, 9.17) is 9.47 Å². The molecule has 1 aliphatic heterocycles. The fourth-order valence-electron chi connectivity index (χ4n) is 5.52. The molecule has 0 spiro atoms. The van der Waals surface area contributed by atoms with Crippen molar-refractivity contribution in [3.63, 3.8) is 0 Å². The molecule has 35 heavy (non-hydrogen) atoms. The third kappa shape index (κ3) is 4.77. The summed E-state index contributed by atoms with van der Waals surface area (Å²) in [7, 11) is 1.57. The molecule has 2 heterocycles. The van der Waals surface area contributed by atoms with Crippen LogP contribution in [0.1, 0.15) is 35.3 Å². The van der Waals surface area contributed by atoms with Gasteiger partial charge < -0.3 is 24.8 Å². The van der Waals surface area contributed by atoms with Crippen LogP contribution in [0.15, 0.2) is 41.8 Å². The zero-order chi connectivity index (χ0) is 24.5. The van der Waals surface area contributed by atoms with Gasteiger partial charge in [0.15, 0.2) is 0 Å². The fourth-order valence-corrected chi connectivity index (χ4v) is 6.35. The number of thiazole rings is 1. The Labute approximate surface area is 207 Å². The van der Waals surface area contributed by atoms with Crippen LogP contribution in [0, 0.1) is 11.8 Å². The predicted molar refractivity (Wildman–Crippen MR) is 133 cm³/mol. The summed E-state index contributed by atoms with van der Waals surface area (Å²) in [5.74, 6) is 1.88. The molecule has 2 aliphatic rings. The third-order valence-electron chi connectivity index (χ3n) is 7.07. The van der Waals surface area contributed by atoms with Gasteiger partial charge in [-0.05, 0) is 66.6 Å². The van der Waals surface area contributed by atoms with Crippen molar-refractivity contribution in [2.24, 2.45) is 11.8 Å². The smallest absolute Gasteiger partial charge is 0.407 e. The van der Waals surface area contributed by atoms with Gasteiger partial charge in [-0.25, -0.2) is 9.78 Å². The highest BCUT2D eigenvalue weighted by Crippen LogP contribution is 2.45. The molecule has 1 saturated carbocycles. The molecule has 3 aromatic rings. The Morgan fingerprint density at radius 3 is 2.69 bits per heavy atom. The van der Waals surface area contributed by atoms with Crippen molar-refractivity contribution in [2.45, 2.75) is 38.3 Å². The van der Waals surface area contributed by atoms with E-state index < -0.39 is 6.09 Å². The normalized spacial score (nSPS) is 23.3. The van der Waals surface area contributed by atoms with Crippen LogP contribution < -0.4 is 14.8 Å². The lowest BCUT2D eigenvalue weighted by Crippen LogP contribution is -2.39. The van der Waals surface area contributed by atoms with E-state index in [1.165, 1.54) is 11.3 Å². The van der Waals surface area contributed by atoms with Gasteiger partial charge in [0.2, 0.25) is 0 Å². The van der Waals surface area contributed by atoms with Crippen LogP contribution >= 0.6 is 11.3 Å². The van der Waals surface area contributed by atoms with Gasteiger partial charge in [-0.2, -0.15) is 0 Å². The van der Waals surface area contributed by atoms with Gasteiger partial charge in [-0.15, -0.1) is 11.3 Å². The highest BCUT2D eigenvalue weighted by Gasteiger charge is 2.50. The van der Waals surface area contributed by atoms with E-state index in [1.54, 1.807) is 17.3 Å². The Hall–Kier alpha value is -3.33. The van der Waals surface area contributed by atoms with E-state index in [2.05, 4.69) is 16.4 Å². The van der Waals surface area contributed by atoms with Crippen LogP contribution in [-0.2, 0) is 6.42 Å². The molecule has 5 rings (SSSR count). The second-order valence-corrected chi connectivity index (χ2v) is 10.1. The molecule has 1 saturated heterocycles. The van der Waals surface area contributed by atoms with Gasteiger partial charge in [-0.3, -0.25) is 4.79 Å². The molecule has 1 unspecified atom stereocenters. The minimum absolute atomic E-state index is 0.0358. The number of nitrogens with zero attached hydrogens (tertiary/aromatic N) is 2. The molecule has 2 N–H and O–H groups in total. The van der Waals surface area contributed by atoms with Crippen molar-refractivity contribution >= 4 is 34.1 Å². The van der Waals surface area contributed by atoms with Gasteiger partial charge in [0, 0.05) is 31.4 Å². The summed E-state index contributed by atoms with van der Waals surface area (Å²) >= 11 is 1.40. The van der Waals surface area contributed by atoms with Crippen molar-refractivity contribution in [3.05, 3.63) is 52.5 Å². The van der Waals surface area contributed by atoms with Gasteiger partial charge in [-0.1, -0.05) is 12.1 Å². The highest BCUT2D eigenvalue weighted by atomic mass is 32.1. The number of fused-ring (bicyclic) bond motifs is 2. The standard InChI is InChI=1S/C26H29N3O5S/c1-3-33-18-6-4-15-5-7-19(9-16(15)8-18)34-20-10-17-13-29(26(31)32)23(21(17)11-20)12-24-28-22(14-35-24)25(30)27-2/h4-9,14,17,20-21,23H,3,10-13H2,1-2H3,(H,27,30)(H,31,32)/t17-,20-,21-,23?/m0/s1. The predicted octanol–water partition coefficient (Wildman–Crippen LogP) is 4.43. The van der Waals surface area contributed by atoms with Crippen LogP contribution in [0.3, 0.4) is 0 Å². The zero-order valence-electron chi connectivity index (χ0n) is 19.8. The number of hydrogen-bond donors (Lipinski definition) is 2. The topological polar surface area (TPSA) is 101 Å². The molecule has 0 bridgehead atoms. The number of benzene rings is 2. The summed E-state index contributed by atoms with van der Waals surface area (Å²) in [6.45, 7) is 3.09. The lowest BCUT2D eigenvalue weighted by atomic mass is 9.92. The first-order chi connectivity index (χ1) is 16.9. The summed E-state index contributed by atoms with van der Waals surface area (Å²) in [5.41, 5.74) is 0.375. The second-order valence-electron chi connectivity index (χ2n) is 9.15. The minimum atomic E-state index is -0.899. The van der Waals surface area contributed by atoms with E-state index in [0.717, 1.165) is 40.1 Å². The number of ether oxygens (including phenoxy) is 2. The zero-order valence-corrected chi connectivity index (χ0v) is 20.6. The molecule has 2 fully saturated rings. The number of aromatic nitrogens is 1. The summed E-state index contributed by atoms with van der Waals surface area (Å²) in [4.78, 5) is 29.8. The average Bonchev–Trinajstić information content (AvgIpc) is 3.55. The number of carbonyl (C=O) groups excluding carboxylic acids is 1. The molecular formula is C26H29N3O5S. The van der Waals surface area contributed by atoms with Crippen molar-refractivity contribution in [3.8, 4) is 11.5 Å². The molecular weight excluding hydrogens is 466 g/mol. The number of nitrogens with one attached hydrogen (secondary N) is 1. The maximum atomic E-state index is 12.0. The summed E-state index contributed by atoms with van der Waals surface area (Å²) in [6, 6.07) is 12.0. The van der Waals surface area contributed by atoms with Crippen LogP contribution in [0.4, 0.5) is 4.79 Å². The summed E-state index contributed by atoms with van der Waals surface area (Å²) in [6.07, 6.45) is 1.27.